The summed E-state index contributed by atoms with van der Waals surface area (Å²) in [5.41, 5.74) is 5.39. The highest BCUT2D eigenvalue weighted by Crippen LogP contribution is 2.19. The third kappa shape index (κ3) is 3.79. The molecule has 0 atom stereocenters. The quantitative estimate of drug-likeness (QED) is 0.423. The van der Waals surface area contributed by atoms with Crippen LogP contribution in [0.25, 0.3) is 6.08 Å². The first-order valence-corrected chi connectivity index (χ1v) is 7.76. The van der Waals surface area contributed by atoms with Crippen molar-refractivity contribution in [1.29, 1.82) is 0 Å². The minimum Gasteiger partial charge on any atom is -0.288 e. The van der Waals surface area contributed by atoms with Crippen LogP contribution < -0.4 is 0 Å². The normalized spacial score (nSPS) is 13.5. The summed E-state index contributed by atoms with van der Waals surface area (Å²) in [6.45, 7) is 0. The van der Waals surface area contributed by atoms with Gasteiger partial charge >= 0.3 is 0 Å². The van der Waals surface area contributed by atoms with Gasteiger partial charge in [-0.25, -0.2) is 4.39 Å². The summed E-state index contributed by atoms with van der Waals surface area (Å²) in [5, 5.41) is 0. The number of carbonyl (C=O) groups is 1. The Morgan fingerprint density at radius 2 is 1.71 bits per heavy atom. The van der Waals surface area contributed by atoms with Gasteiger partial charge in [-0.3, -0.25) is 4.79 Å². The monoisotopic (exact) mass is 314 g/mol. The van der Waals surface area contributed by atoms with Crippen LogP contribution >= 0.6 is 0 Å². The highest BCUT2D eigenvalue weighted by molar-refractivity contribution is 6.12. The molecule has 1 aliphatic rings. The van der Waals surface area contributed by atoms with Gasteiger partial charge in [0.25, 0.3) is 0 Å². The molecule has 0 unspecified atom stereocenters. The number of halogens is 1. The standard InChI is InChI=1S/C22H15FO/c23-21-12-5-4-9-18(21)15-16-20-11-6-10-19(22(20)24)14-13-17-7-2-1-3-8-17/h1-5,7-9,11-13H,6,10H2. The van der Waals surface area contributed by atoms with Crippen LogP contribution in [0, 0.1) is 17.7 Å². The molecule has 3 rings (SSSR count). The lowest BCUT2D eigenvalue weighted by molar-refractivity contribution is -0.112. The fraction of sp³-hybridized carbons (Fsp3) is 0.0909. The average Bonchev–Trinajstić information content (AvgIpc) is 2.62. The number of benzene rings is 2. The van der Waals surface area contributed by atoms with Gasteiger partial charge < -0.3 is 0 Å². The molecule has 24 heavy (non-hydrogen) atoms. The van der Waals surface area contributed by atoms with E-state index in [-0.39, 0.29) is 11.6 Å². The van der Waals surface area contributed by atoms with E-state index in [0.29, 0.717) is 23.1 Å². The maximum atomic E-state index is 13.6. The molecule has 0 fully saturated rings. The van der Waals surface area contributed by atoms with E-state index in [1.165, 1.54) is 6.07 Å². The van der Waals surface area contributed by atoms with Crippen LogP contribution in [0.1, 0.15) is 24.0 Å². The van der Waals surface area contributed by atoms with Gasteiger partial charge in [-0.15, -0.1) is 5.73 Å². The molecular formula is C22H15FO. The Labute approximate surface area is 140 Å². The molecule has 0 heterocycles. The van der Waals surface area contributed by atoms with E-state index in [1.54, 1.807) is 24.3 Å². The fourth-order valence-electron chi connectivity index (χ4n) is 2.39. The van der Waals surface area contributed by atoms with Crippen LogP contribution in [0.2, 0.25) is 0 Å². The van der Waals surface area contributed by atoms with Crippen LogP contribution in [0.15, 0.2) is 77.6 Å². The van der Waals surface area contributed by atoms with Crippen molar-refractivity contribution >= 4 is 11.9 Å². The molecule has 0 radical (unpaired) electrons. The second kappa shape index (κ2) is 7.42. The van der Waals surface area contributed by atoms with Gasteiger partial charge in [0.05, 0.1) is 11.1 Å². The summed E-state index contributed by atoms with van der Waals surface area (Å²) in [6, 6.07) is 16.0. The van der Waals surface area contributed by atoms with E-state index in [9.17, 15) is 9.18 Å². The highest BCUT2D eigenvalue weighted by Gasteiger charge is 2.17. The average molecular weight is 314 g/mol. The molecule has 0 aliphatic heterocycles. The van der Waals surface area contributed by atoms with Crippen molar-refractivity contribution in [3.63, 3.8) is 0 Å². The van der Waals surface area contributed by atoms with Gasteiger partial charge in [0.15, 0.2) is 0 Å². The number of rotatable bonds is 1. The Hall–Kier alpha value is -3.14. The zero-order chi connectivity index (χ0) is 16.8. The first kappa shape index (κ1) is 15.7. The first-order chi connectivity index (χ1) is 11.7. The van der Waals surface area contributed by atoms with Gasteiger partial charge in [-0.05, 0) is 36.6 Å². The van der Waals surface area contributed by atoms with Gasteiger partial charge in [0.2, 0.25) is 5.78 Å². The third-order valence-electron chi connectivity index (χ3n) is 3.68. The molecule has 0 saturated heterocycles. The predicted molar refractivity (Wildman–Crippen MR) is 93.5 cm³/mol. The molecule has 116 valence electrons. The maximum Gasteiger partial charge on any atom is 0.204 e. The van der Waals surface area contributed by atoms with E-state index in [1.807, 2.05) is 36.4 Å². The third-order valence-corrected chi connectivity index (χ3v) is 3.68. The van der Waals surface area contributed by atoms with Crippen molar-refractivity contribution in [1.82, 2.24) is 0 Å². The molecular weight excluding hydrogens is 299 g/mol. The second-order valence-electron chi connectivity index (χ2n) is 5.39. The van der Waals surface area contributed by atoms with Gasteiger partial charge in [0, 0.05) is 5.57 Å². The number of hydrogen-bond donors (Lipinski definition) is 0. The summed E-state index contributed by atoms with van der Waals surface area (Å²) in [5.74, 6) is 5.04. The number of hydrogen-bond acceptors (Lipinski definition) is 1. The molecule has 2 aromatic carbocycles. The lowest BCUT2D eigenvalue weighted by Gasteiger charge is -2.08. The van der Waals surface area contributed by atoms with Crippen molar-refractivity contribution in [3.8, 4) is 11.8 Å². The van der Waals surface area contributed by atoms with Crippen LogP contribution in [0.4, 0.5) is 4.39 Å². The van der Waals surface area contributed by atoms with Crippen molar-refractivity contribution in [3.05, 3.63) is 94.5 Å². The van der Waals surface area contributed by atoms with Crippen LogP contribution in [-0.2, 0) is 4.79 Å². The van der Waals surface area contributed by atoms with E-state index < -0.39 is 0 Å². The topological polar surface area (TPSA) is 17.1 Å². The van der Waals surface area contributed by atoms with Gasteiger partial charge in [-0.1, -0.05) is 60.4 Å². The molecule has 1 nitrogen and oxygen atoms in total. The molecule has 0 spiro atoms. The van der Waals surface area contributed by atoms with Crippen molar-refractivity contribution in [2.45, 2.75) is 12.8 Å². The molecule has 0 bridgehead atoms. The van der Waals surface area contributed by atoms with Crippen molar-refractivity contribution < 1.29 is 9.18 Å². The number of Topliss-reactive ketones (excluding diaryl/α,β-unsaturated/α-hetero) is 1. The summed E-state index contributed by atoms with van der Waals surface area (Å²) in [6.07, 6.45) is 5.00. The molecule has 1 aliphatic carbocycles. The summed E-state index contributed by atoms with van der Waals surface area (Å²) < 4.78 is 13.6. The van der Waals surface area contributed by atoms with Crippen LogP contribution in [0.3, 0.4) is 0 Å². The second-order valence-corrected chi connectivity index (χ2v) is 5.39. The largest absolute Gasteiger partial charge is 0.288 e. The summed E-state index contributed by atoms with van der Waals surface area (Å²) >= 11 is 0. The van der Waals surface area contributed by atoms with Crippen LogP contribution in [0.5, 0.6) is 0 Å². The first-order valence-electron chi connectivity index (χ1n) is 7.76. The molecule has 0 amide bonds. The Morgan fingerprint density at radius 1 is 0.958 bits per heavy atom. The molecule has 0 N–H and O–H groups in total. The Morgan fingerprint density at radius 3 is 2.50 bits per heavy atom. The highest BCUT2D eigenvalue weighted by atomic mass is 19.1. The summed E-state index contributed by atoms with van der Waals surface area (Å²) in [4.78, 5) is 12.5. The summed E-state index contributed by atoms with van der Waals surface area (Å²) in [7, 11) is 0. The predicted octanol–water partition coefficient (Wildman–Crippen LogP) is 4.71. The number of carbonyl (C=O) groups excluding carboxylic acids is 1. The Balaban J connectivity index is 1.85. The zero-order valence-electron chi connectivity index (χ0n) is 13.1. The van der Waals surface area contributed by atoms with Crippen molar-refractivity contribution in [2.75, 3.05) is 0 Å². The lowest BCUT2D eigenvalue weighted by Crippen LogP contribution is -2.09. The molecule has 2 aromatic rings. The Bertz CT molecular complexity index is 917. The smallest absolute Gasteiger partial charge is 0.204 e. The Kier molecular flexibility index (Phi) is 4.87. The van der Waals surface area contributed by atoms with E-state index >= 15 is 0 Å². The van der Waals surface area contributed by atoms with Gasteiger partial charge in [0.1, 0.15) is 5.82 Å². The van der Waals surface area contributed by atoms with Crippen molar-refractivity contribution in [2.24, 2.45) is 0 Å². The zero-order valence-corrected chi connectivity index (χ0v) is 13.1. The SMILES string of the molecule is O=C1C(=C=Cc2ccccc2)CCC=C1C#Cc1ccccc1F. The lowest BCUT2D eigenvalue weighted by atomic mass is 9.93. The van der Waals surface area contributed by atoms with Crippen LogP contribution in [-0.4, -0.2) is 5.78 Å². The maximum absolute atomic E-state index is 13.6. The van der Waals surface area contributed by atoms with E-state index in [0.717, 1.165) is 12.0 Å². The minimum atomic E-state index is -0.381. The van der Waals surface area contributed by atoms with Gasteiger partial charge in [-0.2, -0.15) is 0 Å². The molecule has 0 aromatic heterocycles. The van der Waals surface area contributed by atoms with E-state index in [4.69, 9.17) is 0 Å². The number of ketones is 1. The van der Waals surface area contributed by atoms with E-state index in [2.05, 4.69) is 17.6 Å². The fourth-order valence-corrected chi connectivity index (χ4v) is 2.39. The number of allylic oxidation sites excluding steroid dienone is 3. The molecule has 2 heteroatoms. The minimum absolute atomic E-state index is 0.128. The molecule has 0 saturated carbocycles.